The van der Waals surface area contributed by atoms with Gasteiger partial charge >= 0.3 is 0 Å². The second-order valence-electron chi connectivity index (χ2n) is 4.12. The van der Waals surface area contributed by atoms with Crippen molar-refractivity contribution in [2.24, 2.45) is 0 Å². The van der Waals surface area contributed by atoms with Crippen LogP contribution in [0, 0.1) is 0 Å². The fourth-order valence-corrected chi connectivity index (χ4v) is 2.11. The molecule has 0 saturated carbocycles. The van der Waals surface area contributed by atoms with E-state index >= 15 is 0 Å². The molecule has 7 nitrogen and oxygen atoms in total. The van der Waals surface area contributed by atoms with Gasteiger partial charge in [-0.2, -0.15) is 4.98 Å². The number of aromatic nitrogens is 4. The minimum absolute atomic E-state index is 0.0207. The van der Waals surface area contributed by atoms with E-state index in [-0.39, 0.29) is 22.8 Å². The number of aliphatic hydroxyl groups is 1. The van der Waals surface area contributed by atoms with Crippen LogP contribution in [0.4, 0.5) is 5.95 Å². The number of hydrogen-bond acceptors (Lipinski definition) is 6. The van der Waals surface area contributed by atoms with Crippen molar-refractivity contribution in [3.8, 4) is 11.4 Å². The first-order valence-corrected chi connectivity index (χ1v) is 6.65. The van der Waals surface area contributed by atoms with E-state index in [9.17, 15) is 5.11 Å². The molecule has 0 spiro atoms. The molecule has 0 amide bonds. The monoisotopic (exact) mass is 317 g/mol. The molecular formula is C11H13Cl2N5O2. The van der Waals surface area contributed by atoms with E-state index in [1.165, 1.54) is 4.68 Å². The van der Waals surface area contributed by atoms with Gasteiger partial charge in [-0.1, -0.05) is 30.1 Å². The molecule has 2 aromatic heterocycles. The third-order valence-corrected chi connectivity index (χ3v) is 3.03. The molecule has 9 heteroatoms. The highest BCUT2D eigenvalue weighted by Crippen LogP contribution is 2.24. The summed E-state index contributed by atoms with van der Waals surface area (Å²) in [6, 6.07) is 3.15. The lowest BCUT2D eigenvalue weighted by atomic mass is 10.2. The maximum absolute atomic E-state index is 9.74. The highest BCUT2D eigenvalue weighted by atomic mass is 35.5. The van der Waals surface area contributed by atoms with Gasteiger partial charge in [-0.15, -0.1) is 5.10 Å². The van der Waals surface area contributed by atoms with Crippen molar-refractivity contribution in [2.45, 2.75) is 26.0 Å². The van der Waals surface area contributed by atoms with Crippen LogP contribution < -0.4 is 5.48 Å². The van der Waals surface area contributed by atoms with Crippen LogP contribution in [0.3, 0.4) is 0 Å². The van der Waals surface area contributed by atoms with Gasteiger partial charge in [-0.05, 0) is 18.6 Å². The first kappa shape index (κ1) is 15.0. The van der Waals surface area contributed by atoms with Crippen LogP contribution in [0.5, 0.6) is 0 Å². The fourth-order valence-electron chi connectivity index (χ4n) is 1.65. The molecule has 2 rings (SSSR count). The number of nitrogens with one attached hydrogen (secondary N) is 1. The van der Waals surface area contributed by atoms with Crippen molar-refractivity contribution < 1.29 is 10.3 Å². The Morgan fingerprint density at radius 3 is 2.50 bits per heavy atom. The van der Waals surface area contributed by atoms with E-state index < -0.39 is 6.10 Å². The number of aliphatic hydroxyl groups excluding tert-OH is 1. The van der Waals surface area contributed by atoms with Gasteiger partial charge in [0.15, 0.2) is 5.82 Å². The largest absolute Gasteiger partial charge is 0.391 e. The average Bonchev–Trinajstić information content (AvgIpc) is 2.80. The third kappa shape index (κ3) is 3.37. The van der Waals surface area contributed by atoms with Crippen LogP contribution in [-0.2, 0) is 6.54 Å². The molecule has 108 valence electrons. The molecule has 0 aliphatic carbocycles. The Hall–Kier alpha value is -1.41. The number of rotatable bonds is 5. The average molecular weight is 318 g/mol. The van der Waals surface area contributed by atoms with Crippen molar-refractivity contribution in [1.29, 1.82) is 0 Å². The Morgan fingerprint density at radius 2 is 1.95 bits per heavy atom. The van der Waals surface area contributed by atoms with E-state index in [1.807, 2.05) is 12.4 Å². The third-order valence-electron chi connectivity index (χ3n) is 2.65. The van der Waals surface area contributed by atoms with Crippen LogP contribution in [0.25, 0.3) is 11.4 Å². The van der Waals surface area contributed by atoms with Crippen molar-refractivity contribution >= 4 is 29.2 Å². The normalized spacial score (nSPS) is 12.4. The summed E-state index contributed by atoms with van der Waals surface area (Å²) in [5.41, 5.74) is 2.46. The second kappa shape index (κ2) is 6.36. The molecule has 2 heterocycles. The van der Waals surface area contributed by atoms with Crippen molar-refractivity contribution in [3.63, 3.8) is 0 Å². The van der Waals surface area contributed by atoms with Gasteiger partial charge in [0.2, 0.25) is 0 Å². The number of halogens is 2. The maximum atomic E-state index is 9.74. The number of hydrogen-bond donors (Lipinski definition) is 3. The number of pyridine rings is 1. The van der Waals surface area contributed by atoms with E-state index in [1.54, 1.807) is 12.1 Å². The molecule has 1 unspecified atom stereocenters. The zero-order valence-corrected chi connectivity index (χ0v) is 12.1. The number of anilines is 1. The summed E-state index contributed by atoms with van der Waals surface area (Å²) in [6.07, 6.45) is -0.00579. The molecule has 0 aromatic carbocycles. The van der Waals surface area contributed by atoms with Crippen LogP contribution in [0.15, 0.2) is 12.1 Å². The van der Waals surface area contributed by atoms with Gasteiger partial charge in [0, 0.05) is 5.56 Å². The zero-order valence-electron chi connectivity index (χ0n) is 10.6. The Labute approximate surface area is 125 Å². The lowest BCUT2D eigenvalue weighted by Crippen LogP contribution is -2.16. The molecular weight excluding hydrogens is 305 g/mol. The zero-order chi connectivity index (χ0) is 14.7. The van der Waals surface area contributed by atoms with Gasteiger partial charge in [-0.25, -0.2) is 15.1 Å². The van der Waals surface area contributed by atoms with Crippen LogP contribution in [0.2, 0.25) is 10.3 Å². The summed E-state index contributed by atoms with van der Waals surface area (Å²) < 4.78 is 1.47. The van der Waals surface area contributed by atoms with E-state index in [2.05, 4.69) is 15.1 Å². The summed E-state index contributed by atoms with van der Waals surface area (Å²) in [5.74, 6) is 0.438. The van der Waals surface area contributed by atoms with Gasteiger partial charge in [0.1, 0.15) is 10.3 Å². The Kier molecular flexibility index (Phi) is 4.77. The molecule has 0 aliphatic heterocycles. The first-order chi connectivity index (χ1) is 9.53. The first-order valence-electron chi connectivity index (χ1n) is 5.90. The maximum Gasteiger partial charge on any atom is 0.266 e. The molecule has 3 N–H and O–H groups in total. The summed E-state index contributed by atoms with van der Waals surface area (Å²) in [7, 11) is 0. The predicted octanol–water partition coefficient (Wildman–Crippen LogP) is 2.22. The minimum atomic E-state index is -0.574. The van der Waals surface area contributed by atoms with Crippen LogP contribution in [-0.4, -0.2) is 36.2 Å². The van der Waals surface area contributed by atoms with Crippen LogP contribution >= 0.6 is 23.2 Å². The summed E-state index contributed by atoms with van der Waals surface area (Å²) in [4.78, 5) is 7.96. The van der Waals surface area contributed by atoms with Crippen molar-refractivity contribution in [1.82, 2.24) is 19.7 Å². The molecule has 0 bridgehead atoms. The Morgan fingerprint density at radius 1 is 1.30 bits per heavy atom. The summed E-state index contributed by atoms with van der Waals surface area (Å²) in [5, 5.41) is 23.1. The number of nitrogens with zero attached hydrogens (tertiary/aromatic N) is 4. The molecule has 0 radical (unpaired) electrons. The van der Waals surface area contributed by atoms with Gasteiger partial charge in [0.25, 0.3) is 5.95 Å². The lowest BCUT2D eigenvalue weighted by Gasteiger charge is -2.10. The highest BCUT2D eigenvalue weighted by Gasteiger charge is 2.15. The topological polar surface area (TPSA) is 96.1 Å². The van der Waals surface area contributed by atoms with Crippen LogP contribution in [0.1, 0.15) is 13.3 Å². The summed E-state index contributed by atoms with van der Waals surface area (Å²) in [6.45, 7) is 2.09. The standard InChI is InChI=1S/C11H13Cl2N5O2/c1-2-7(19)5-18-10(15-11(16-18)17-20)6-3-8(12)14-9(13)4-6/h3-4,7,19-20H,2,5H2,1H3,(H,16,17). The smallest absolute Gasteiger partial charge is 0.266 e. The van der Waals surface area contributed by atoms with Gasteiger partial charge < -0.3 is 5.11 Å². The quantitative estimate of drug-likeness (QED) is 0.578. The molecule has 0 fully saturated rings. The highest BCUT2D eigenvalue weighted by molar-refractivity contribution is 6.32. The van der Waals surface area contributed by atoms with Gasteiger partial charge in [0.05, 0.1) is 12.6 Å². The Bertz CT molecular complexity index is 584. The molecule has 2 aromatic rings. The fraction of sp³-hybridized carbons (Fsp3) is 0.364. The molecule has 1 atom stereocenters. The van der Waals surface area contributed by atoms with Gasteiger partial charge in [-0.3, -0.25) is 5.21 Å². The molecule has 0 aliphatic rings. The van der Waals surface area contributed by atoms with E-state index in [0.717, 1.165) is 0 Å². The molecule has 20 heavy (non-hydrogen) atoms. The minimum Gasteiger partial charge on any atom is -0.391 e. The van der Waals surface area contributed by atoms with Crippen molar-refractivity contribution in [2.75, 3.05) is 5.48 Å². The van der Waals surface area contributed by atoms with Crippen molar-refractivity contribution in [3.05, 3.63) is 22.4 Å². The second-order valence-corrected chi connectivity index (χ2v) is 4.89. The predicted molar refractivity (Wildman–Crippen MR) is 75.0 cm³/mol. The summed E-state index contributed by atoms with van der Waals surface area (Å²) >= 11 is 11.7. The Balaban J connectivity index is 2.45. The van der Waals surface area contributed by atoms with E-state index in [4.69, 9.17) is 28.4 Å². The molecule has 0 saturated heterocycles. The lowest BCUT2D eigenvalue weighted by molar-refractivity contribution is 0.146. The van der Waals surface area contributed by atoms with E-state index in [0.29, 0.717) is 17.8 Å². The SMILES string of the molecule is CCC(O)Cn1nc(NO)nc1-c1cc(Cl)nc(Cl)c1.